The molecule has 0 aromatic carbocycles. The lowest BCUT2D eigenvalue weighted by Crippen LogP contribution is -2.15. The summed E-state index contributed by atoms with van der Waals surface area (Å²) in [5.74, 6) is -0.131. The van der Waals surface area contributed by atoms with Crippen molar-refractivity contribution in [3.63, 3.8) is 0 Å². The van der Waals surface area contributed by atoms with E-state index in [4.69, 9.17) is 23.7 Å². The van der Waals surface area contributed by atoms with Gasteiger partial charge >= 0.3 is 5.97 Å². The van der Waals surface area contributed by atoms with E-state index in [2.05, 4.69) is 6.92 Å². The van der Waals surface area contributed by atoms with E-state index in [1.807, 2.05) is 13.8 Å². The Kier molecular flexibility index (Phi) is 19.1. The Morgan fingerprint density at radius 3 is 1.88 bits per heavy atom. The maximum absolute atomic E-state index is 11.7. The van der Waals surface area contributed by atoms with Crippen molar-refractivity contribution in [3.05, 3.63) is 0 Å². The van der Waals surface area contributed by atoms with Crippen LogP contribution in [0.25, 0.3) is 0 Å². The normalized spacial score (nSPS) is 12.3. The molecule has 0 aliphatic rings. The molecule has 6 heteroatoms. The number of ether oxygens (including phenoxy) is 5. The average molecular weight is 363 g/mol. The first kappa shape index (κ1) is 24.3. The third kappa shape index (κ3) is 19.5. The van der Waals surface area contributed by atoms with Crippen molar-refractivity contribution < 1.29 is 28.5 Å². The second kappa shape index (κ2) is 19.6. The number of hydrogen-bond acceptors (Lipinski definition) is 6. The molecule has 0 saturated carbocycles. The number of hydrogen-bond donors (Lipinski definition) is 0. The van der Waals surface area contributed by atoms with Gasteiger partial charge in [-0.15, -0.1) is 0 Å². The molecule has 25 heavy (non-hydrogen) atoms. The van der Waals surface area contributed by atoms with Crippen molar-refractivity contribution in [3.8, 4) is 0 Å². The van der Waals surface area contributed by atoms with Gasteiger partial charge in [-0.05, 0) is 33.1 Å². The Morgan fingerprint density at radius 2 is 1.32 bits per heavy atom. The zero-order valence-corrected chi connectivity index (χ0v) is 16.4. The van der Waals surface area contributed by atoms with Crippen LogP contribution in [0.5, 0.6) is 0 Å². The smallest absolute Gasteiger partial charge is 0.306 e. The molecule has 0 bridgehead atoms. The molecule has 0 fully saturated rings. The summed E-state index contributed by atoms with van der Waals surface area (Å²) in [4.78, 5) is 11.7. The molecular weight excluding hydrogens is 324 g/mol. The van der Waals surface area contributed by atoms with Gasteiger partial charge in [-0.1, -0.05) is 19.8 Å². The maximum Gasteiger partial charge on any atom is 0.306 e. The summed E-state index contributed by atoms with van der Waals surface area (Å²) < 4.78 is 26.7. The predicted octanol–water partition coefficient (Wildman–Crippen LogP) is 3.36. The molecule has 1 unspecified atom stereocenters. The largest absolute Gasteiger partial charge is 0.463 e. The molecule has 0 N–H and O–H groups in total. The zero-order chi connectivity index (χ0) is 18.6. The number of carbonyl (C=O) groups excluding carboxylic acids is 1. The van der Waals surface area contributed by atoms with Crippen LogP contribution in [-0.2, 0) is 28.5 Å². The van der Waals surface area contributed by atoms with Crippen LogP contribution in [0.1, 0.15) is 59.3 Å². The molecule has 0 aromatic heterocycles. The third-order valence-corrected chi connectivity index (χ3v) is 3.54. The molecule has 0 amide bonds. The zero-order valence-electron chi connectivity index (χ0n) is 16.4. The molecule has 0 spiro atoms. The lowest BCUT2D eigenvalue weighted by atomic mass is 10.1. The van der Waals surface area contributed by atoms with Gasteiger partial charge in [0.25, 0.3) is 0 Å². The van der Waals surface area contributed by atoms with Gasteiger partial charge in [0.15, 0.2) is 0 Å². The Labute approximate surface area is 153 Å². The van der Waals surface area contributed by atoms with E-state index in [-0.39, 0.29) is 12.1 Å². The summed E-state index contributed by atoms with van der Waals surface area (Å²) in [5, 5.41) is 0. The number of esters is 1. The van der Waals surface area contributed by atoms with E-state index in [0.29, 0.717) is 65.7 Å². The molecule has 0 aliphatic carbocycles. The molecule has 0 aliphatic heterocycles. The Morgan fingerprint density at radius 1 is 0.760 bits per heavy atom. The minimum absolute atomic E-state index is 0.0177. The summed E-state index contributed by atoms with van der Waals surface area (Å²) in [5.41, 5.74) is 0. The highest BCUT2D eigenvalue weighted by Gasteiger charge is 2.08. The Bertz CT molecular complexity index is 285. The summed E-state index contributed by atoms with van der Waals surface area (Å²) in [6, 6.07) is 0. The van der Waals surface area contributed by atoms with Gasteiger partial charge in [-0.3, -0.25) is 4.79 Å². The van der Waals surface area contributed by atoms with Crippen molar-refractivity contribution in [2.45, 2.75) is 65.4 Å². The van der Waals surface area contributed by atoms with Crippen LogP contribution >= 0.6 is 0 Å². The van der Waals surface area contributed by atoms with Crippen molar-refractivity contribution in [1.29, 1.82) is 0 Å². The second-order valence-corrected chi connectivity index (χ2v) is 5.93. The minimum atomic E-state index is -0.131. The molecule has 0 saturated heterocycles. The quantitative estimate of drug-likeness (QED) is 0.259. The standard InChI is InChI=1S/C19H38O6/c1-4-6-7-9-18(3)25-19(20)10-8-11-22-14-15-24-17-16-23-13-12-21-5-2/h18H,4-17H2,1-3H3. The second-order valence-electron chi connectivity index (χ2n) is 5.93. The number of carbonyl (C=O) groups is 1. The first-order chi connectivity index (χ1) is 12.2. The van der Waals surface area contributed by atoms with Gasteiger partial charge in [0.2, 0.25) is 0 Å². The molecule has 0 radical (unpaired) electrons. The van der Waals surface area contributed by atoms with E-state index in [0.717, 1.165) is 12.8 Å². The van der Waals surface area contributed by atoms with Crippen LogP contribution in [0.3, 0.4) is 0 Å². The third-order valence-electron chi connectivity index (χ3n) is 3.54. The van der Waals surface area contributed by atoms with Gasteiger partial charge in [-0.2, -0.15) is 0 Å². The van der Waals surface area contributed by atoms with Gasteiger partial charge in [0.05, 0.1) is 45.7 Å². The summed E-state index contributed by atoms with van der Waals surface area (Å²) >= 11 is 0. The van der Waals surface area contributed by atoms with Crippen molar-refractivity contribution in [2.75, 3.05) is 52.9 Å². The highest BCUT2D eigenvalue weighted by molar-refractivity contribution is 5.69. The number of rotatable bonds is 19. The highest BCUT2D eigenvalue weighted by atomic mass is 16.6. The van der Waals surface area contributed by atoms with Crippen molar-refractivity contribution >= 4 is 5.97 Å². The van der Waals surface area contributed by atoms with E-state index in [1.165, 1.54) is 12.8 Å². The SMILES string of the molecule is CCCCCC(C)OC(=O)CCCOCCOCCOCCOCC. The Balaban J connectivity index is 3.23. The van der Waals surface area contributed by atoms with E-state index >= 15 is 0 Å². The topological polar surface area (TPSA) is 63.2 Å². The molecule has 1 atom stereocenters. The fraction of sp³-hybridized carbons (Fsp3) is 0.947. The summed E-state index contributed by atoms with van der Waals surface area (Å²) in [6.07, 6.45) is 5.55. The first-order valence-electron chi connectivity index (χ1n) is 9.71. The fourth-order valence-electron chi connectivity index (χ4n) is 2.15. The lowest BCUT2D eigenvalue weighted by molar-refractivity contribution is -0.149. The van der Waals surface area contributed by atoms with E-state index in [1.54, 1.807) is 0 Å². The minimum Gasteiger partial charge on any atom is -0.463 e. The Hall–Kier alpha value is -0.690. The molecule has 0 rings (SSSR count). The van der Waals surface area contributed by atoms with Gasteiger partial charge < -0.3 is 23.7 Å². The van der Waals surface area contributed by atoms with Crippen molar-refractivity contribution in [2.24, 2.45) is 0 Å². The van der Waals surface area contributed by atoms with E-state index < -0.39 is 0 Å². The fourth-order valence-corrected chi connectivity index (χ4v) is 2.15. The van der Waals surface area contributed by atoms with Crippen LogP contribution in [-0.4, -0.2) is 64.9 Å². The summed E-state index contributed by atoms with van der Waals surface area (Å²) in [6.45, 7) is 10.8. The van der Waals surface area contributed by atoms with E-state index in [9.17, 15) is 4.79 Å². The average Bonchev–Trinajstić information content (AvgIpc) is 2.59. The predicted molar refractivity (Wildman–Crippen MR) is 97.9 cm³/mol. The highest BCUT2D eigenvalue weighted by Crippen LogP contribution is 2.07. The van der Waals surface area contributed by atoms with Crippen molar-refractivity contribution in [1.82, 2.24) is 0 Å². The van der Waals surface area contributed by atoms with Gasteiger partial charge in [-0.25, -0.2) is 0 Å². The summed E-state index contributed by atoms with van der Waals surface area (Å²) in [7, 11) is 0. The number of unbranched alkanes of at least 4 members (excludes halogenated alkanes) is 2. The van der Waals surface area contributed by atoms with Crippen LogP contribution in [0.2, 0.25) is 0 Å². The first-order valence-corrected chi connectivity index (χ1v) is 9.71. The van der Waals surface area contributed by atoms with Crippen LogP contribution in [0.4, 0.5) is 0 Å². The molecule has 0 heterocycles. The molecular formula is C19H38O6. The monoisotopic (exact) mass is 362 g/mol. The van der Waals surface area contributed by atoms with Gasteiger partial charge in [0, 0.05) is 19.6 Å². The lowest BCUT2D eigenvalue weighted by Gasteiger charge is -2.13. The molecule has 0 aromatic rings. The van der Waals surface area contributed by atoms with Gasteiger partial charge in [0.1, 0.15) is 0 Å². The van der Waals surface area contributed by atoms with Crippen LogP contribution < -0.4 is 0 Å². The maximum atomic E-state index is 11.7. The molecule has 6 nitrogen and oxygen atoms in total. The van der Waals surface area contributed by atoms with Crippen LogP contribution in [0, 0.1) is 0 Å². The molecule has 150 valence electrons. The van der Waals surface area contributed by atoms with Crippen LogP contribution in [0.15, 0.2) is 0 Å².